The molecule has 0 spiro atoms. The van der Waals surface area contributed by atoms with Crippen molar-refractivity contribution < 1.29 is 18.9 Å². The molecule has 7 heterocycles. The number of halogens is 3. The van der Waals surface area contributed by atoms with Crippen LogP contribution in [0.4, 0.5) is 0 Å². The van der Waals surface area contributed by atoms with Gasteiger partial charge in [-0.05, 0) is 92.7 Å². The summed E-state index contributed by atoms with van der Waals surface area (Å²) in [5.41, 5.74) is 4.05. The molecule has 0 aliphatic carbocycles. The molecule has 0 unspecified atom stereocenters. The van der Waals surface area contributed by atoms with E-state index in [-0.39, 0.29) is 0 Å². The van der Waals surface area contributed by atoms with Crippen LogP contribution in [0.25, 0.3) is 22.5 Å². The molecular formula is C43H69I3N14O4Si2. The number of H-pyrrole nitrogens is 1. The van der Waals surface area contributed by atoms with Gasteiger partial charge in [-0.2, -0.15) is 10.2 Å². The minimum Gasteiger partial charge on any atom is -0.361 e. The van der Waals surface area contributed by atoms with E-state index in [2.05, 4.69) is 161 Å². The Kier molecular flexibility index (Phi) is 27.0. The Morgan fingerprint density at radius 3 is 1.55 bits per heavy atom. The zero-order valence-electron chi connectivity index (χ0n) is 40.1. The van der Waals surface area contributed by atoms with Crippen molar-refractivity contribution in [3.8, 4) is 22.5 Å². The van der Waals surface area contributed by atoms with E-state index in [4.69, 9.17) is 18.9 Å². The summed E-state index contributed by atoms with van der Waals surface area (Å²) in [6.07, 6.45) is 27.8. The number of hydrogen-bond acceptors (Lipinski definition) is 11. The third-order valence-corrected chi connectivity index (χ3v) is 14.2. The van der Waals surface area contributed by atoms with Gasteiger partial charge in [-0.15, -0.1) is 0 Å². The van der Waals surface area contributed by atoms with Crippen LogP contribution in [-0.2, 0) is 60.0 Å². The van der Waals surface area contributed by atoms with E-state index in [1.54, 1.807) is 47.2 Å². The standard InChI is InChI=1S/C13H22N4OSi.C11H16N4O.C9H17IN2OSi.C7H11IN2O.C3H3IN2/c1-16-8-12(7-15-16)13-9-17(10-14-13)11-18-5-6-19(2,3)4;1-3-4-16-9-15-8-12-6-11(15)10-5-13-14(2)7-10;1-14(2,3)5-4-13-8-12-6-9(10)11-7-12;1-2-3-11-6-10-5-9-4-7(10)8;4-3-1-5-2-6-3/h7-10H,5-6,11H2,1-4H3;5-8H,3-4,9H2,1-2H3;6-7H,4-5,8H2,1-3H3;4-5H,2-3,6H2,1H3;1-2H,(H,5,6). The van der Waals surface area contributed by atoms with E-state index in [9.17, 15) is 0 Å². The van der Waals surface area contributed by atoms with E-state index in [1.807, 2.05) is 81.9 Å². The van der Waals surface area contributed by atoms with Gasteiger partial charge in [0, 0.05) is 92.6 Å². The SMILES string of the molecule is CCCOCn1cncc1-c1cnn(C)c1.CCCOCn1cncc1I.C[Si](C)(C)CCOCn1cnc(I)c1.Cn1cc(-c2cn(COCC[Si](C)(C)C)cn2)cn1.Ic1cnc[nH]1. The van der Waals surface area contributed by atoms with Crippen molar-refractivity contribution in [3.63, 3.8) is 0 Å². The Labute approximate surface area is 433 Å². The second-order valence-electron chi connectivity index (χ2n) is 17.4. The number of ether oxygens (including phenoxy) is 4. The first-order valence-corrected chi connectivity index (χ1v) is 32.4. The normalized spacial score (nSPS) is 11.2. The Morgan fingerprint density at radius 1 is 0.561 bits per heavy atom. The molecule has 0 atom stereocenters. The van der Waals surface area contributed by atoms with E-state index >= 15 is 0 Å². The van der Waals surface area contributed by atoms with Crippen molar-refractivity contribution in [2.24, 2.45) is 14.1 Å². The first-order chi connectivity index (χ1) is 31.5. The first kappa shape index (κ1) is 57.3. The van der Waals surface area contributed by atoms with Gasteiger partial charge in [0.05, 0.1) is 77.7 Å². The van der Waals surface area contributed by atoms with E-state index < -0.39 is 16.1 Å². The molecule has 0 aliphatic heterocycles. The molecular weight excluding hydrogens is 1210 g/mol. The van der Waals surface area contributed by atoms with Crippen LogP contribution in [0.3, 0.4) is 0 Å². The summed E-state index contributed by atoms with van der Waals surface area (Å²) in [7, 11) is 1.86. The lowest BCUT2D eigenvalue weighted by atomic mass is 10.3. The maximum atomic E-state index is 5.69. The summed E-state index contributed by atoms with van der Waals surface area (Å²) in [5.74, 6) is 0. The molecule has 0 saturated carbocycles. The van der Waals surface area contributed by atoms with Gasteiger partial charge in [0.1, 0.15) is 34.3 Å². The summed E-state index contributed by atoms with van der Waals surface area (Å²) in [6, 6.07) is 2.41. The molecule has 0 fully saturated rings. The topological polar surface area (TPSA) is 173 Å². The quantitative estimate of drug-likeness (QED) is 0.0437. The molecule has 23 heteroatoms. The summed E-state index contributed by atoms with van der Waals surface area (Å²) >= 11 is 6.58. The molecule has 7 rings (SSSR count). The second kappa shape index (κ2) is 31.1. The fourth-order valence-electron chi connectivity index (χ4n) is 5.10. The lowest BCUT2D eigenvalue weighted by molar-refractivity contribution is 0.0759. The van der Waals surface area contributed by atoms with Gasteiger partial charge < -0.3 is 42.2 Å². The largest absolute Gasteiger partial charge is 0.361 e. The fourth-order valence-corrected chi connectivity index (χ4v) is 7.82. The molecule has 0 saturated heterocycles. The third-order valence-electron chi connectivity index (χ3n) is 8.71. The first-order valence-electron chi connectivity index (χ1n) is 21.7. The van der Waals surface area contributed by atoms with Crippen molar-refractivity contribution in [3.05, 3.63) is 98.5 Å². The van der Waals surface area contributed by atoms with Crippen molar-refractivity contribution in [2.45, 2.75) is 105 Å². The average Bonchev–Trinajstić information content (AvgIpc) is 4.12. The number of aryl methyl sites for hydroxylation is 2. The van der Waals surface area contributed by atoms with Crippen molar-refractivity contribution in [2.75, 3.05) is 26.4 Å². The molecule has 0 amide bonds. The Hall–Kier alpha value is -3.07. The average molecular weight is 1280 g/mol. The Balaban J connectivity index is 0.000000227. The maximum absolute atomic E-state index is 5.69. The molecule has 364 valence electrons. The van der Waals surface area contributed by atoms with Crippen LogP contribution in [0.2, 0.25) is 51.4 Å². The molecule has 0 bridgehead atoms. The monoisotopic (exact) mass is 1280 g/mol. The number of nitrogens with one attached hydrogen (secondary N) is 1. The van der Waals surface area contributed by atoms with Gasteiger partial charge in [-0.25, -0.2) is 24.9 Å². The van der Waals surface area contributed by atoms with Gasteiger partial charge in [0.15, 0.2) is 0 Å². The van der Waals surface area contributed by atoms with Gasteiger partial charge in [0.25, 0.3) is 0 Å². The van der Waals surface area contributed by atoms with Crippen LogP contribution in [-0.4, -0.2) is 110 Å². The van der Waals surface area contributed by atoms with E-state index in [1.165, 1.54) is 12.1 Å². The smallest absolute Gasteiger partial charge is 0.124 e. The lowest BCUT2D eigenvalue weighted by Crippen LogP contribution is -2.21. The predicted octanol–water partition coefficient (Wildman–Crippen LogP) is 9.95. The minimum absolute atomic E-state index is 0.540. The highest BCUT2D eigenvalue weighted by atomic mass is 127. The lowest BCUT2D eigenvalue weighted by Gasteiger charge is -2.15. The Bertz CT molecular complexity index is 2290. The number of nitrogens with zero attached hydrogens (tertiary/aromatic N) is 13. The Morgan fingerprint density at radius 2 is 1.09 bits per heavy atom. The third kappa shape index (κ3) is 24.8. The highest BCUT2D eigenvalue weighted by molar-refractivity contribution is 14.1. The van der Waals surface area contributed by atoms with Crippen LogP contribution in [0.5, 0.6) is 0 Å². The highest BCUT2D eigenvalue weighted by Gasteiger charge is 2.13. The molecule has 18 nitrogen and oxygen atoms in total. The highest BCUT2D eigenvalue weighted by Crippen LogP contribution is 2.18. The van der Waals surface area contributed by atoms with Crippen molar-refractivity contribution in [1.29, 1.82) is 0 Å². The van der Waals surface area contributed by atoms with Crippen LogP contribution in [0.1, 0.15) is 26.7 Å². The molecule has 7 aromatic rings. The van der Waals surface area contributed by atoms with Gasteiger partial charge in [0.2, 0.25) is 0 Å². The van der Waals surface area contributed by atoms with Gasteiger partial charge >= 0.3 is 0 Å². The summed E-state index contributed by atoms with van der Waals surface area (Å²) in [5, 5.41) is 8.29. The van der Waals surface area contributed by atoms with Crippen LogP contribution >= 0.6 is 67.8 Å². The number of aromatic amines is 1. The minimum atomic E-state index is -1.00. The molecule has 0 aromatic carbocycles. The van der Waals surface area contributed by atoms with Crippen molar-refractivity contribution in [1.82, 2.24) is 67.7 Å². The number of rotatable bonds is 20. The zero-order valence-corrected chi connectivity index (χ0v) is 48.6. The number of imidazole rings is 5. The summed E-state index contributed by atoms with van der Waals surface area (Å²) < 4.78 is 36.7. The van der Waals surface area contributed by atoms with Crippen LogP contribution in [0.15, 0.2) is 87.4 Å². The van der Waals surface area contributed by atoms with Crippen LogP contribution in [0, 0.1) is 11.1 Å². The molecule has 1 N–H and O–H groups in total. The summed E-state index contributed by atoms with van der Waals surface area (Å²) in [4.78, 5) is 23.2. The molecule has 0 aliphatic rings. The van der Waals surface area contributed by atoms with E-state index in [0.29, 0.717) is 26.9 Å². The molecule has 0 radical (unpaired) electrons. The van der Waals surface area contributed by atoms with Crippen LogP contribution < -0.4 is 0 Å². The van der Waals surface area contributed by atoms with E-state index in [0.717, 1.165) is 72.9 Å². The second-order valence-corrected chi connectivity index (χ2v) is 32.0. The predicted molar refractivity (Wildman–Crippen MR) is 291 cm³/mol. The zero-order chi connectivity index (χ0) is 48.4. The maximum Gasteiger partial charge on any atom is 0.124 e. The number of aromatic nitrogens is 14. The molecule has 7 aromatic heterocycles. The van der Waals surface area contributed by atoms with Gasteiger partial charge in [-0.1, -0.05) is 53.1 Å². The summed E-state index contributed by atoms with van der Waals surface area (Å²) in [6.45, 7) is 24.0. The molecule has 66 heavy (non-hydrogen) atoms. The fraction of sp³-hybridized carbons (Fsp3) is 0.512. The number of hydrogen-bond donors (Lipinski definition) is 1. The van der Waals surface area contributed by atoms with Crippen molar-refractivity contribution >= 4 is 83.9 Å². The van der Waals surface area contributed by atoms with Gasteiger partial charge in [-0.3, -0.25) is 9.36 Å².